The molecule has 0 amide bonds. The van der Waals surface area contributed by atoms with Gasteiger partial charge in [0.2, 0.25) is 0 Å². The molecule has 4 aliphatic rings. The van der Waals surface area contributed by atoms with Gasteiger partial charge in [0.1, 0.15) is 31.8 Å². The zero-order valence-electron chi connectivity index (χ0n) is 31.0. The van der Waals surface area contributed by atoms with Crippen LogP contribution in [-0.4, -0.2) is 112 Å². The first-order chi connectivity index (χ1) is 26.2. The lowest BCUT2D eigenvalue weighted by Gasteiger charge is -2.33. The minimum absolute atomic E-state index is 0.144. The van der Waals surface area contributed by atoms with Gasteiger partial charge in [-0.2, -0.15) is 0 Å². The van der Waals surface area contributed by atoms with E-state index in [-0.39, 0.29) is 57.7 Å². The van der Waals surface area contributed by atoms with Crippen LogP contribution in [0.25, 0.3) is 0 Å². The van der Waals surface area contributed by atoms with Gasteiger partial charge >= 0.3 is 53.7 Å². The van der Waals surface area contributed by atoms with E-state index in [1.54, 1.807) is 0 Å². The Morgan fingerprint density at radius 1 is 0.527 bits per heavy atom. The molecule has 1 N–H and O–H groups in total. The highest BCUT2D eigenvalue weighted by Gasteiger charge is 2.44. The van der Waals surface area contributed by atoms with E-state index in [1.165, 1.54) is 6.92 Å². The van der Waals surface area contributed by atoms with E-state index < -0.39 is 109 Å². The van der Waals surface area contributed by atoms with Gasteiger partial charge in [-0.1, -0.05) is 6.58 Å². The summed E-state index contributed by atoms with van der Waals surface area (Å²) in [7, 11) is 0. The molecular formula is C37H50O18. The monoisotopic (exact) mass is 782 g/mol. The van der Waals surface area contributed by atoms with Crippen molar-refractivity contribution in [1.82, 2.24) is 0 Å². The molecule has 0 saturated carbocycles. The van der Waals surface area contributed by atoms with Crippen molar-refractivity contribution in [3.8, 4) is 0 Å². The number of esters is 8. The van der Waals surface area contributed by atoms with Gasteiger partial charge in [0, 0.05) is 5.57 Å². The first-order valence-electron chi connectivity index (χ1n) is 18.5. The molecular weight excluding hydrogens is 732 g/mol. The summed E-state index contributed by atoms with van der Waals surface area (Å²) >= 11 is 0. The molecule has 18 heteroatoms. The standard InChI is InChI=1S/C33H44O16.C4H6O2/c34-25-21(9-1-5-13-42-25)29(38)46-17-33(18-47-30(39)22-10-2-6-14-43-26(22)35,19-48-31(40)23-11-3-7-15-44-27(23)36)20-49-32(41)24-12-4-8-16-45-28(24)37;1-3(2)4(5)6/h21-24H,1-20H2;1H2,2H3,(H,5,6). The Morgan fingerprint density at radius 3 is 0.945 bits per heavy atom. The normalized spacial score (nSPS) is 24.2. The number of aliphatic carboxylic acids is 1. The quantitative estimate of drug-likeness (QED) is 0.122. The molecule has 4 heterocycles. The van der Waals surface area contributed by atoms with Gasteiger partial charge < -0.3 is 43.0 Å². The average Bonchev–Trinajstić information content (AvgIpc) is 3.70. The van der Waals surface area contributed by atoms with Gasteiger partial charge in [0.05, 0.1) is 26.4 Å². The molecule has 4 fully saturated rings. The summed E-state index contributed by atoms with van der Waals surface area (Å²) in [6, 6.07) is 0. The summed E-state index contributed by atoms with van der Waals surface area (Å²) in [4.78, 5) is 112. The van der Waals surface area contributed by atoms with Crippen molar-refractivity contribution >= 4 is 53.7 Å². The van der Waals surface area contributed by atoms with Gasteiger partial charge in [-0.05, 0) is 84.0 Å². The summed E-state index contributed by atoms with van der Waals surface area (Å²) in [6.45, 7) is 2.36. The van der Waals surface area contributed by atoms with E-state index in [9.17, 15) is 43.2 Å². The Bertz CT molecular complexity index is 1230. The second-order valence-corrected chi connectivity index (χ2v) is 13.9. The summed E-state index contributed by atoms with van der Waals surface area (Å²) in [5.74, 6) is -12.9. The van der Waals surface area contributed by atoms with Gasteiger partial charge in [-0.25, -0.2) is 4.79 Å². The fourth-order valence-electron chi connectivity index (χ4n) is 5.77. The number of cyclic esters (lactones) is 4. The van der Waals surface area contributed by atoms with Crippen LogP contribution in [0.3, 0.4) is 0 Å². The maximum Gasteiger partial charge on any atom is 0.330 e. The van der Waals surface area contributed by atoms with Gasteiger partial charge in [-0.15, -0.1) is 0 Å². The van der Waals surface area contributed by atoms with Crippen LogP contribution < -0.4 is 0 Å². The minimum atomic E-state index is -1.82. The van der Waals surface area contributed by atoms with E-state index in [0.29, 0.717) is 51.4 Å². The van der Waals surface area contributed by atoms with Crippen LogP contribution in [0.4, 0.5) is 0 Å². The lowest BCUT2D eigenvalue weighted by atomic mass is 9.91. The van der Waals surface area contributed by atoms with Crippen molar-refractivity contribution in [3.05, 3.63) is 12.2 Å². The molecule has 0 aromatic carbocycles. The number of hydrogen-bond donors (Lipinski definition) is 1. The van der Waals surface area contributed by atoms with Crippen LogP contribution in [0.1, 0.15) is 84.0 Å². The Labute approximate surface area is 317 Å². The van der Waals surface area contributed by atoms with Crippen molar-refractivity contribution in [2.24, 2.45) is 29.1 Å². The van der Waals surface area contributed by atoms with E-state index in [1.807, 2.05) is 0 Å². The van der Waals surface area contributed by atoms with Crippen molar-refractivity contribution in [3.63, 3.8) is 0 Å². The first kappa shape index (κ1) is 44.4. The molecule has 4 unspecified atom stereocenters. The third-order valence-corrected chi connectivity index (χ3v) is 9.25. The number of carbonyl (C=O) groups is 9. The maximum atomic E-state index is 13.2. The Balaban J connectivity index is 0.00000125. The van der Waals surface area contributed by atoms with Crippen molar-refractivity contribution in [2.45, 2.75) is 84.0 Å². The molecule has 0 aliphatic carbocycles. The lowest BCUT2D eigenvalue weighted by molar-refractivity contribution is -0.179. The Morgan fingerprint density at radius 2 is 0.745 bits per heavy atom. The molecule has 0 spiro atoms. The predicted octanol–water partition coefficient (Wildman–Crippen LogP) is 2.17. The van der Waals surface area contributed by atoms with Crippen molar-refractivity contribution < 1.29 is 86.2 Å². The van der Waals surface area contributed by atoms with E-state index in [4.69, 9.17) is 43.0 Å². The molecule has 0 radical (unpaired) electrons. The van der Waals surface area contributed by atoms with Crippen LogP contribution in [0.2, 0.25) is 0 Å². The summed E-state index contributed by atoms with van der Waals surface area (Å²) in [6.07, 6.45) is 4.87. The van der Waals surface area contributed by atoms with E-state index in [0.717, 1.165) is 0 Å². The average molecular weight is 783 g/mol. The number of hydrogen-bond acceptors (Lipinski definition) is 17. The molecule has 55 heavy (non-hydrogen) atoms. The molecule has 18 nitrogen and oxygen atoms in total. The number of ether oxygens (including phenoxy) is 8. The Kier molecular flexibility index (Phi) is 18.0. The summed E-state index contributed by atoms with van der Waals surface area (Å²) < 4.78 is 42.5. The van der Waals surface area contributed by atoms with Gasteiger partial charge in [-0.3, -0.25) is 38.4 Å². The second kappa shape index (κ2) is 22.4. The molecule has 4 aliphatic heterocycles. The molecule has 4 rings (SSSR count). The third-order valence-electron chi connectivity index (χ3n) is 9.25. The smallest absolute Gasteiger partial charge is 0.330 e. The van der Waals surface area contributed by atoms with Gasteiger partial charge in [0.25, 0.3) is 0 Å². The topological polar surface area (TPSA) is 248 Å². The van der Waals surface area contributed by atoms with Gasteiger partial charge in [0.15, 0.2) is 23.7 Å². The largest absolute Gasteiger partial charge is 0.478 e. The number of carboxylic acids is 1. The highest BCUT2D eigenvalue weighted by atomic mass is 16.6. The van der Waals surface area contributed by atoms with Crippen LogP contribution in [-0.2, 0) is 81.0 Å². The molecule has 0 aromatic heterocycles. The lowest BCUT2D eigenvalue weighted by Crippen LogP contribution is -2.46. The SMILES string of the molecule is C=C(C)C(=O)O.O=C1OCCCCC1C(=O)OCC(COC(=O)C1CCCCOC1=O)(COC(=O)C1CCCCOC1=O)COC(=O)C1CCCCOC1=O. The number of carbonyl (C=O) groups excluding carboxylic acids is 8. The molecule has 0 bridgehead atoms. The first-order valence-corrected chi connectivity index (χ1v) is 18.5. The fraction of sp³-hybridized carbons (Fsp3) is 0.703. The van der Waals surface area contributed by atoms with Crippen LogP contribution in [0, 0.1) is 29.1 Å². The van der Waals surface area contributed by atoms with E-state index >= 15 is 0 Å². The van der Waals surface area contributed by atoms with Crippen molar-refractivity contribution in [2.75, 3.05) is 52.9 Å². The summed E-state index contributed by atoms with van der Waals surface area (Å²) in [5.41, 5.74) is -1.64. The summed E-state index contributed by atoms with van der Waals surface area (Å²) in [5, 5.41) is 7.89. The molecule has 4 atom stereocenters. The second-order valence-electron chi connectivity index (χ2n) is 13.9. The number of carboxylic acid groups (broad SMARTS) is 1. The predicted molar refractivity (Wildman–Crippen MR) is 182 cm³/mol. The molecule has 4 saturated heterocycles. The third kappa shape index (κ3) is 14.3. The molecule has 306 valence electrons. The molecule has 0 aromatic rings. The Hall–Kier alpha value is -5.03. The number of rotatable bonds is 13. The fourth-order valence-corrected chi connectivity index (χ4v) is 5.77. The zero-order valence-corrected chi connectivity index (χ0v) is 31.0. The van der Waals surface area contributed by atoms with Crippen molar-refractivity contribution in [1.29, 1.82) is 0 Å². The minimum Gasteiger partial charge on any atom is -0.478 e. The van der Waals surface area contributed by atoms with E-state index in [2.05, 4.69) is 6.58 Å². The van der Waals surface area contributed by atoms with Crippen LogP contribution >= 0.6 is 0 Å². The highest BCUT2D eigenvalue weighted by Crippen LogP contribution is 2.28. The maximum absolute atomic E-state index is 13.2. The van der Waals surface area contributed by atoms with Crippen LogP contribution in [0.15, 0.2) is 12.2 Å². The van der Waals surface area contributed by atoms with Crippen LogP contribution in [0.5, 0.6) is 0 Å². The zero-order chi connectivity index (χ0) is 40.4. The highest BCUT2D eigenvalue weighted by molar-refractivity contribution is 5.97.